The molecular formula is C11H11NO2. The van der Waals surface area contributed by atoms with Crippen molar-refractivity contribution in [2.45, 2.75) is 19.8 Å². The molecule has 3 nitrogen and oxygen atoms in total. The maximum atomic E-state index is 10.0. The lowest BCUT2D eigenvalue weighted by Crippen LogP contribution is -1.82. The van der Waals surface area contributed by atoms with E-state index in [9.17, 15) is 10.1 Å². The molecule has 0 spiro atoms. The van der Waals surface area contributed by atoms with E-state index in [1.807, 2.05) is 6.07 Å². The average Bonchev–Trinajstić information content (AvgIpc) is 2.76. The smallest absolute Gasteiger partial charge is 0.258 e. The number of fused-ring (bicyclic) bond motifs is 1. The fourth-order valence-electron chi connectivity index (χ4n) is 0.992. The quantitative estimate of drug-likeness (QED) is 0.414. The normalized spacial score (nSPS) is 9.43. The number of terminal acetylenes is 1. The van der Waals surface area contributed by atoms with E-state index in [-0.39, 0.29) is 10.6 Å². The predicted molar refractivity (Wildman–Crippen MR) is 55.8 cm³/mol. The van der Waals surface area contributed by atoms with Crippen LogP contribution >= 0.6 is 0 Å². The van der Waals surface area contributed by atoms with Gasteiger partial charge in [0.05, 0.1) is 4.92 Å². The molecule has 14 heavy (non-hydrogen) atoms. The Balaban J connectivity index is 0.000000171. The molecule has 0 amide bonds. The lowest BCUT2D eigenvalue weighted by Gasteiger charge is -1.78. The van der Waals surface area contributed by atoms with Crippen LogP contribution in [0, 0.1) is 22.5 Å². The summed E-state index contributed by atoms with van der Waals surface area (Å²) in [6.45, 7) is 2.07. The van der Waals surface area contributed by atoms with E-state index in [0.717, 1.165) is 24.0 Å². The summed E-state index contributed by atoms with van der Waals surface area (Å²) in [5.41, 5.74) is 2.24. The van der Waals surface area contributed by atoms with Gasteiger partial charge in [-0.2, -0.15) is 0 Å². The van der Waals surface area contributed by atoms with Crippen LogP contribution in [0.15, 0.2) is 18.2 Å². The van der Waals surface area contributed by atoms with E-state index in [2.05, 4.69) is 12.8 Å². The number of nitrogens with zero attached hydrogens (tertiary/aromatic N) is 1. The molecular weight excluding hydrogens is 178 g/mol. The first-order valence-electron chi connectivity index (χ1n) is 4.42. The summed E-state index contributed by atoms with van der Waals surface area (Å²) < 4.78 is 0. The zero-order chi connectivity index (χ0) is 10.6. The second kappa shape index (κ2) is 4.43. The Bertz CT molecular complexity index is 371. The highest BCUT2D eigenvalue weighted by molar-refractivity contribution is 5.85. The van der Waals surface area contributed by atoms with Crippen molar-refractivity contribution in [2.75, 3.05) is 0 Å². The summed E-state index contributed by atoms with van der Waals surface area (Å²) in [7, 11) is 0. The summed E-state index contributed by atoms with van der Waals surface area (Å²) in [4.78, 5) is 9.66. The van der Waals surface area contributed by atoms with Crippen LogP contribution in [0.25, 0.3) is 11.1 Å². The fraction of sp³-hybridized carbons (Fsp3) is 0.273. The third-order valence-corrected chi connectivity index (χ3v) is 1.77. The first-order valence-corrected chi connectivity index (χ1v) is 4.42. The van der Waals surface area contributed by atoms with Gasteiger partial charge in [-0.1, -0.05) is 6.92 Å². The third-order valence-electron chi connectivity index (χ3n) is 1.77. The number of benzene rings is 1. The molecule has 0 bridgehead atoms. The van der Waals surface area contributed by atoms with Crippen molar-refractivity contribution in [1.29, 1.82) is 0 Å². The maximum absolute atomic E-state index is 10.0. The highest BCUT2D eigenvalue weighted by atomic mass is 16.6. The van der Waals surface area contributed by atoms with Crippen LogP contribution in [-0.2, 0) is 0 Å². The van der Waals surface area contributed by atoms with Crippen LogP contribution in [-0.4, -0.2) is 4.92 Å². The molecule has 0 heterocycles. The van der Waals surface area contributed by atoms with Crippen molar-refractivity contribution in [1.82, 2.24) is 0 Å². The summed E-state index contributed by atoms with van der Waals surface area (Å²) in [5.74, 6) is 2.52. The Hall–Kier alpha value is -1.82. The second-order valence-corrected chi connectivity index (χ2v) is 2.98. The molecule has 0 unspecified atom stereocenters. The summed E-state index contributed by atoms with van der Waals surface area (Å²) >= 11 is 0. The largest absolute Gasteiger partial charge is 0.270 e. The molecule has 3 heteroatoms. The van der Waals surface area contributed by atoms with Crippen molar-refractivity contribution >= 4 is 5.69 Å². The number of hydrogen-bond donors (Lipinski definition) is 0. The van der Waals surface area contributed by atoms with Crippen LogP contribution in [0.1, 0.15) is 19.8 Å². The maximum Gasteiger partial charge on any atom is 0.270 e. The average molecular weight is 189 g/mol. The molecule has 0 saturated heterocycles. The van der Waals surface area contributed by atoms with Gasteiger partial charge in [0.15, 0.2) is 0 Å². The number of hydrogen-bond acceptors (Lipinski definition) is 2. The molecule has 0 fully saturated rings. The number of rotatable bonds is 2. The molecule has 0 aromatic carbocycles. The minimum Gasteiger partial charge on any atom is -0.258 e. The highest BCUT2D eigenvalue weighted by Gasteiger charge is 2.19. The van der Waals surface area contributed by atoms with Crippen LogP contribution in [0.2, 0.25) is 0 Å². The Morgan fingerprint density at radius 2 is 2.00 bits per heavy atom. The number of unbranched alkanes of at least 4 members (excludes halogenated alkanes) is 1. The predicted octanol–water partition coefficient (Wildman–Crippen LogP) is 2.99. The van der Waals surface area contributed by atoms with Gasteiger partial charge in [0.2, 0.25) is 0 Å². The van der Waals surface area contributed by atoms with Crippen molar-refractivity contribution in [3.8, 4) is 23.5 Å². The van der Waals surface area contributed by atoms with E-state index < -0.39 is 0 Å². The van der Waals surface area contributed by atoms with E-state index in [0.29, 0.717) is 0 Å². The van der Waals surface area contributed by atoms with Crippen molar-refractivity contribution in [2.24, 2.45) is 0 Å². The highest BCUT2D eigenvalue weighted by Crippen LogP contribution is 2.39. The first-order chi connectivity index (χ1) is 6.69. The monoisotopic (exact) mass is 189 g/mol. The van der Waals surface area contributed by atoms with Crippen molar-refractivity contribution < 1.29 is 4.92 Å². The van der Waals surface area contributed by atoms with Gasteiger partial charge in [-0.3, -0.25) is 10.1 Å². The fourth-order valence-corrected chi connectivity index (χ4v) is 0.992. The van der Waals surface area contributed by atoms with Crippen LogP contribution < -0.4 is 0 Å². The second-order valence-electron chi connectivity index (χ2n) is 2.98. The standard InChI is InChI=1S/C6H3NO2.C5H8/c8-7(9)6-2-4-1-5(4)3-6;1-3-5-4-2/h1-3H;1H,4-5H2,2H3. The Kier molecular flexibility index (Phi) is 3.24. The molecule has 0 aromatic heterocycles. The summed E-state index contributed by atoms with van der Waals surface area (Å²) in [5, 5.41) is 10.0. The topological polar surface area (TPSA) is 43.1 Å². The minimum absolute atomic E-state index is 0.211. The van der Waals surface area contributed by atoms with Gasteiger partial charge in [0.25, 0.3) is 5.69 Å². The molecule has 0 radical (unpaired) electrons. The first kappa shape index (κ1) is 10.3. The molecule has 0 saturated carbocycles. The van der Waals surface area contributed by atoms with E-state index in [1.165, 1.54) is 0 Å². The van der Waals surface area contributed by atoms with Gasteiger partial charge in [-0.05, 0) is 23.6 Å². The molecule has 0 atom stereocenters. The summed E-state index contributed by atoms with van der Waals surface area (Å²) in [6, 6.07) is 5.07. The Morgan fingerprint density at radius 3 is 2.21 bits per heavy atom. The Labute approximate surface area is 82.9 Å². The van der Waals surface area contributed by atoms with Crippen molar-refractivity contribution in [3.05, 3.63) is 28.3 Å². The number of non-ortho nitro benzene ring substituents is 1. The third kappa shape index (κ3) is 2.60. The molecule has 2 rings (SSSR count). The molecule has 2 aliphatic carbocycles. The SMILES string of the molecule is C#CCCC.O=[N+]([O-])c1cc2cc-2c1. The van der Waals surface area contributed by atoms with Crippen molar-refractivity contribution in [3.63, 3.8) is 0 Å². The zero-order valence-corrected chi connectivity index (χ0v) is 7.99. The molecule has 72 valence electrons. The van der Waals surface area contributed by atoms with Gasteiger partial charge in [0.1, 0.15) is 0 Å². The van der Waals surface area contributed by atoms with Gasteiger partial charge < -0.3 is 0 Å². The van der Waals surface area contributed by atoms with Crippen LogP contribution in [0.3, 0.4) is 0 Å². The molecule has 2 aliphatic rings. The lowest BCUT2D eigenvalue weighted by atomic mass is 10.4. The van der Waals surface area contributed by atoms with Gasteiger partial charge in [-0.25, -0.2) is 0 Å². The molecule has 0 aromatic rings. The Morgan fingerprint density at radius 1 is 1.43 bits per heavy atom. The minimum atomic E-state index is -0.375. The van der Waals surface area contributed by atoms with Gasteiger partial charge >= 0.3 is 0 Å². The number of nitro benzene ring substituents is 1. The lowest BCUT2D eigenvalue weighted by molar-refractivity contribution is -0.384. The van der Waals surface area contributed by atoms with Crippen LogP contribution in [0.4, 0.5) is 5.69 Å². The van der Waals surface area contributed by atoms with Gasteiger partial charge in [0, 0.05) is 18.6 Å². The number of nitro groups is 1. The van der Waals surface area contributed by atoms with E-state index in [4.69, 9.17) is 6.42 Å². The zero-order valence-electron chi connectivity index (χ0n) is 7.99. The van der Waals surface area contributed by atoms with Gasteiger partial charge in [-0.15, -0.1) is 12.3 Å². The van der Waals surface area contributed by atoms with E-state index in [1.54, 1.807) is 12.1 Å². The van der Waals surface area contributed by atoms with Crippen LogP contribution in [0.5, 0.6) is 0 Å². The summed E-state index contributed by atoms with van der Waals surface area (Å²) in [6.07, 6.45) is 6.91. The van der Waals surface area contributed by atoms with E-state index >= 15 is 0 Å². The molecule has 0 N–H and O–H groups in total. The molecule has 0 aliphatic heterocycles.